The van der Waals surface area contributed by atoms with Crippen molar-refractivity contribution in [2.45, 2.75) is 50.5 Å². The Morgan fingerprint density at radius 3 is 2.79 bits per heavy atom. The van der Waals surface area contributed by atoms with Gasteiger partial charge in [-0.15, -0.1) is 0 Å². The van der Waals surface area contributed by atoms with E-state index >= 15 is 0 Å². The number of hydrogen-bond acceptors (Lipinski definition) is 4. The van der Waals surface area contributed by atoms with Gasteiger partial charge in [0.15, 0.2) is 0 Å². The van der Waals surface area contributed by atoms with Crippen LogP contribution in [-0.2, 0) is 11.2 Å². The molecule has 0 spiro atoms. The maximum atomic E-state index is 12.1. The lowest BCUT2D eigenvalue weighted by Crippen LogP contribution is -2.49. The summed E-state index contributed by atoms with van der Waals surface area (Å²) in [7, 11) is 0. The molecule has 128 valence electrons. The van der Waals surface area contributed by atoms with Crippen molar-refractivity contribution in [2.75, 3.05) is 6.61 Å². The van der Waals surface area contributed by atoms with Crippen molar-refractivity contribution in [1.82, 2.24) is 15.3 Å². The van der Waals surface area contributed by atoms with Crippen LogP contribution >= 0.6 is 0 Å². The molecule has 1 aromatic heterocycles. The van der Waals surface area contributed by atoms with E-state index < -0.39 is 5.54 Å². The lowest BCUT2D eigenvalue weighted by atomic mass is 9.98. The Morgan fingerprint density at radius 1 is 1.29 bits per heavy atom. The zero-order valence-electron chi connectivity index (χ0n) is 13.7. The van der Waals surface area contributed by atoms with Crippen molar-refractivity contribution in [3.8, 4) is 0 Å². The second-order valence-electron chi connectivity index (χ2n) is 6.58. The summed E-state index contributed by atoms with van der Waals surface area (Å²) in [6.07, 6.45) is 5.28. The van der Waals surface area contributed by atoms with Gasteiger partial charge in [0.2, 0.25) is 5.91 Å². The zero-order valence-corrected chi connectivity index (χ0v) is 13.7. The number of benzene rings is 1. The van der Waals surface area contributed by atoms with E-state index in [9.17, 15) is 14.7 Å². The molecule has 3 N–H and O–H groups in total. The van der Waals surface area contributed by atoms with E-state index in [0.717, 1.165) is 25.7 Å². The van der Waals surface area contributed by atoms with E-state index in [2.05, 4.69) is 15.3 Å². The summed E-state index contributed by atoms with van der Waals surface area (Å²) in [5.74, 6) is 0.554. The van der Waals surface area contributed by atoms with E-state index in [1.807, 2.05) is 18.2 Å². The van der Waals surface area contributed by atoms with Crippen molar-refractivity contribution in [2.24, 2.45) is 0 Å². The molecule has 3 rings (SSSR count). The van der Waals surface area contributed by atoms with E-state index in [0.29, 0.717) is 36.0 Å². The maximum absolute atomic E-state index is 12.1. The van der Waals surface area contributed by atoms with Crippen LogP contribution in [0.2, 0.25) is 0 Å². The molecule has 1 heterocycles. The molecule has 1 aromatic carbocycles. The van der Waals surface area contributed by atoms with E-state index in [-0.39, 0.29) is 18.1 Å². The number of para-hydroxylation sites is 1. The highest BCUT2D eigenvalue weighted by Crippen LogP contribution is 2.29. The van der Waals surface area contributed by atoms with Crippen LogP contribution in [0.4, 0.5) is 0 Å². The highest BCUT2D eigenvalue weighted by atomic mass is 16.3. The van der Waals surface area contributed by atoms with E-state index in [1.54, 1.807) is 6.07 Å². The quantitative estimate of drug-likeness (QED) is 0.751. The lowest BCUT2D eigenvalue weighted by Gasteiger charge is -2.27. The smallest absolute Gasteiger partial charge is 0.258 e. The number of nitrogens with one attached hydrogen (secondary N) is 2. The molecule has 0 saturated heterocycles. The first-order valence-electron chi connectivity index (χ1n) is 8.52. The predicted molar refractivity (Wildman–Crippen MR) is 91.7 cm³/mol. The van der Waals surface area contributed by atoms with Crippen molar-refractivity contribution >= 4 is 16.8 Å². The average Bonchev–Trinajstić information content (AvgIpc) is 3.04. The number of aliphatic hydroxyl groups is 1. The first-order valence-corrected chi connectivity index (χ1v) is 8.52. The lowest BCUT2D eigenvalue weighted by molar-refractivity contribution is -0.123. The third kappa shape index (κ3) is 3.64. The molecular formula is C18H23N3O3. The number of nitrogens with zero attached hydrogens (tertiary/aromatic N) is 1. The molecule has 0 unspecified atom stereocenters. The van der Waals surface area contributed by atoms with E-state index in [4.69, 9.17) is 0 Å². The molecule has 0 radical (unpaired) electrons. The summed E-state index contributed by atoms with van der Waals surface area (Å²) >= 11 is 0. The van der Waals surface area contributed by atoms with Gasteiger partial charge in [0.25, 0.3) is 5.56 Å². The van der Waals surface area contributed by atoms with Gasteiger partial charge >= 0.3 is 0 Å². The second-order valence-corrected chi connectivity index (χ2v) is 6.58. The van der Waals surface area contributed by atoms with Gasteiger partial charge in [-0.25, -0.2) is 4.98 Å². The molecule has 1 fully saturated rings. The van der Waals surface area contributed by atoms with Crippen LogP contribution < -0.4 is 10.9 Å². The molecule has 6 nitrogen and oxygen atoms in total. The van der Waals surface area contributed by atoms with Crippen LogP contribution in [0.15, 0.2) is 29.1 Å². The Bertz CT molecular complexity index is 778. The monoisotopic (exact) mass is 329 g/mol. The highest BCUT2D eigenvalue weighted by molar-refractivity contribution is 5.77. The number of carbonyl (C=O) groups excluding carboxylic acids is 1. The van der Waals surface area contributed by atoms with Gasteiger partial charge in [0.05, 0.1) is 23.0 Å². The molecule has 0 bridgehead atoms. The fraction of sp³-hybridized carbons (Fsp3) is 0.500. The van der Waals surface area contributed by atoms with Gasteiger partial charge < -0.3 is 15.4 Å². The van der Waals surface area contributed by atoms with Gasteiger partial charge in [0, 0.05) is 12.8 Å². The number of carbonyl (C=O) groups is 1. The minimum absolute atomic E-state index is 0.00170. The largest absolute Gasteiger partial charge is 0.394 e. The third-order valence-electron chi connectivity index (χ3n) is 4.75. The maximum Gasteiger partial charge on any atom is 0.258 e. The number of aromatic amines is 1. The van der Waals surface area contributed by atoms with Crippen molar-refractivity contribution < 1.29 is 9.90 Å². The standard InChI is InChI=1S/C18H23N3O3/c22-12-18(10-3-4-11-18)21-16(23)9-5-8-15-19-14-7-2-1-6-13(14)17(24)20-15/h1-2,6-7,22H,3-5,8-12H2,(H,21,23)(H,19,20,24). The average molecular weight is 329 g/mol. The minimum Gasteiger partial charge on any atom is -0.394 e. The second kappa shape index (κ2) is 7.13. The van der Waals surface area contributed by atoms with Crippen molar-refractivity contribution in [3.05, 3.63) is 40.4 Å². The Labute approximate surface area is 140 Å². The SMILES string of the molecule is O=C(CCCc1nc2ccccc2c(=O)[nH]1)NC1(CO)CCCC1. The van der Waals surface area contributed by atoms with Crippen molar-refractivity contribution in [1.29, 1.82) is 0 Å². The molecule has 24 heavy (non-hydrogen) atoms. The van der Waals surface area contributed by atoms with E-state index in [1.165, 1.54) is 0 Å². The van der Waals surface area contributed by atoms with Gasteiger partial charge in [0.1, 0.15) is 5.82 Å². The number of fused-ring (bicyclic) bond motifs is 1. The summed E-state index contributed by atoms with van der Waals surface area (Å²) in [6, 6.07) is 7.21. The summed E-state index contributed by atoms with van der Waals surface area (Å²) in [5, 5.41) is 13.1. The first-order chi connectivity index (χ1) is 11.6. The number of aromatic nitrogens is 2. The van der Waals surface area contributed by atoms with Crippen LogP contribution in [-0.4, -0.2) is 33.1 Å². The third-order valence-corrected chi connectivity index (χ3v) is 4.75. The van der Waals surface area contributed by atoms with Gasteiger partial charge in [-0.2, -0.15) is 0 Å². The van der Waals surface area contributed by atoms with Gasteiger partial charge in [-0.1, -0.05) is 25.0 Å². The van der Waals surface area contributed by atoms with Gasteiger partial charge in [-0.05, 0) is 31.4 Å². The van der Waals surface area contributed by atoms with Crippen LogP contribution in [0, 0.1) is 0 Å². The molecular weight excluding hydrogens is 306 g/mol. The predicted octanol–water partition coefficient (Wildman–Crippen LogP) is 1.67. The summed E-state index contributed by atoms with van der Waals surface area (Å²) in [6.45, 7) is -0.00170. The fourth-order valence-corrected chi connectivity index (χ4v) is 3.40. The zero-order chi connectivity index (χ0) is 17.0. The number of hydrogen-bond donors (Lipinski definition) is 3. The Morgan fingerprint density at radius 2 is 2.04 bits per heavy atom. The Kier molecular flexibility index (Phi) is 4.94. The Balaban J connectivity index is 1.56. The van der Waals surface area contributed by atoms with Crippen LogP contribution in [0.5, 0.6) is 0 Å². The minimum atomic E-state index is -0.424. The summed E-state index contributed by atoms with van der Waals surface area (Å²) in [4.78, 5) is 31.3. The number of rotatable bonds is 6. The normalized spacial score (nSPS) is 16.4. The first kappa shape index (κ1) is 16.6. The number of amides is 1. The fourth-order valence-electron chi connectivity index (χ4n) is 3.40. The molecule has 2 aromatic rings. The van der Waals surface area contributed by atoms with Crippen LogP contribution in [0.25, 0.3) is 10.9 Å². The Hall–Kier alpha value is -2.21. The number of aryl methyl sites for hydroxylation is 1. The summed E-state index contributed by atoms with van der Waals surface area (Å²) in [5.41, 5.74) is 0.100. The van der Waals surface area contributed by atoms with Crippen LogP contribution in [0.3, 0.4) is 0 Å². The van der Waals surface area contributed by atoms with Crippen molar-refractivity contribution in [3.63, 3.8) is 0 Å². The number of H-pyrrole nitrogens is 1. The molecule has 1 aliphatic carbocycles. The molecule has 6 heteroatoms. The molecule has 1 amide bonds. The molecule has 1 saturated carbocycles. The topological polar surface area (TPSA) is 95.1 Å². The molecule has 0 aliphatic heterocycles. The van der Waals surface area contributed by atoms with Crippen LogP contribution in [0.1, 0.15) is 44.3 Å². The highest BCUT2D eigenvalue weighted by Gasteiger charge is 2.34. The molecule has 0 atom stereocenters. The summed E-state index contributed by atoms with van der Waals surface area (Å²) < 4.78 is 0. The van der Waals surface area contributed by atoms with Gasteiger partial charge in [-0.3, -0.25) is 9.59 Å². The number of aliphatic hydroxyl groups excluding tert-OH is 1. The molecule has 1 aliphatic rings.